The van der Waals surface area contributed by atoms with Gasteiger partial charge >= 0.3 is 0 Å². The van der Waals surface area contributed by atoms with E-state index in [4.69, 9.17) is 15.9 Å². The summed E-state index contributed by atoms with van der Waals surface area (Å²) >= 11 is 1.46. The first kappa shape index (κ1) is 20.9. The first-order valence-corrected chi connectivity index (χ1v) is 11.8. The van der Waals surface area contributed by atoms with Gasteiger partial charge in [0, 0.05) is 11.6 Å². The second kappa shape index (κ2) is 8.79. The molecule has 4 rings (SSSR count). The van der Waals surface area contributed by atoms with E-state index >= 15 is 0 Å². The number of nitrogens with zero attached hydrogens (tertiary/aromatic N) is 2. The Morgan fingerprint density at radius 3 is 2.48 bits per heavy atom. The summed E-state index contributed by atoms with van der Waals surface area (Å²) in [5.41, 5.74) is 11.0. The van der Waals surface area contributed by atoms with Gasteiger partial charge in [-0.1, -0.05) is 6.07 Å². The Balaban J connectivity index is 1.85. The predicted molar refractivity (Wildman–Crippen MR) is 127 cm³/mol. The molecule has 4 N–H and O–H groups in total. The molecule has 0 aliphatic heterocycles. The number of ether oxygens (including phenoxy) is 1. The Hall–Kier alpha value is -3.36. The zero-order chi connectivity index (χ0) is 22.0. The highest BCUT2D eigenvalue weighted by Crippen LogP contribution is 2.34. The fourth-order valence-corrected chi connectivity index (χ4v) is 5.04. The zero-order valence-corrected chi connectivity index (χ0v) is 18.7. The summed E-state index contributed by atoms with van der Waals surface area (Å²) in [6, 6.07) is 17.2. The summed E-state index contributed by atoms with van der Waals surface area (Å²) in [7, 11) is 0.584. The van der Waals surface area contributed by atoms with E-state index in [2.05, 4.69) is 9.97 Å². The lowest BCUT2D eigenvalue weighted by molar-refractivity contribution is -0.103. The van der Waals surface area contributed by atoms with Crippen molar-refractivity contribution in [2.24, 2.45) is 5.73 Å². The minimum atomic E-state index is -1.04. The van der Waals surface area contributed by atoms with Crippen molar-refractivity contribution in [2.45, 2.75) is 4.21 Å². The van der Waals surface area contributed by atoms with Crippen molar-refractivity contribution >= 4 is 50.5 Å². The molecule has 1 atom stereocenters. The summed E-state index contributed by atoms with van der Waals surface area (Å²) in [6.45, 7) is 0. The predicted octanol–water partition coefficient (Wildman–Crippen LogP) is 2.76. The van der Waals surface area contributed by atoms with Gasteiger partial charge in [-0.15, -0.1) is 11.3 Å². The molecule has 4 aromatic rings. The van der Waals surface area contributed by atoms with Gasteiger partial charge < -0.3 is 10.5 Å². The maximum absolute atomic E-state index is 11.8. The van der Waals surface area contributed by atoms with Gasteiger partial charge in [0.05, 0.1) is 49.5 Å². The Bertz CT molecular complexity index is 1330. The lowest BCUT2D eigenvalue weighted by Gasteiger charge is -2.10. The van der Waals surface area contributed by atoms with Crippen molar-refractivity contribution in [3.05, 3.63) is 72.1 Å². The highest BCUT2D eigenvalue weighted by molar-refractivity contribution is 7.86. The molecule has 0 fully saturated rings. The summed E-state index contributed by atoms with van der Waals surface area (Å²) in [4.78, 5) is 9.82. The normalized spacial score (nSPS) is 13.0. The van der Waals surface area contributed by atoms with Crippen LogP contribution in [0.4, 0.5) is 0 Å². The molecule has 2 heterocycles. The first-order chi connectivity index (χ1) is 15.0. The van der Waals surface area contributed by atoms with Crippen LogP contribution in [-0.2, 0) is 10.8 Å². The zero-order valence-electron chi connectivity index (χ0n) is 17.0. The monoisotopic (exact) mass is 449 g/mol. The van der Waals surface area contributed by atoms with Crippen LogP contribution in [-0.4, -0.2) is 33.8 Å². The quantitative estimate of drug-likeness (QED) is 0.348. The third-order valence-corrected chi connectivity index (χ3v) is 7.45. The van der Waals surface area contributed by atoms with Gasteiger partial charge in [-0.05, 0) is 59.7 Å². The van der Waals surface area contributed by atoms with Gasteiger partial charge in [0.25, 0.3) is 0 Å². The molecule has 0 spiro atoms. The molecule has 8 heteroatoms. The van der Waals surface area contributed by atoms with Crippen LogP contribution in [0.25, 0.3) is 32.7 Å². The Labute approximate surface area is 186 Å². The number of benzene rings is 2. The van der Waals surface area contributed by atoms with E-state index in [0.717, 1.165) is 42.6 Å². The van der Waals surface area contributed by atoms with E-state index in [0.29, 0.717) is 11.3 Å². The molecule has 156 valence electrons. The topological polar surface area (TPSA) is 104 Å². The molecule has 0 saturated carbocycles. The number of aromatic nitrogens is 2. The third kappa shape index (κ3) is 4.12. The van der Waals surface area contributed by atoms with Crippen molar-refractivity contribution in [1.82, 2.24) is 9.97 Å². The van der Waals surface area contributed by atoms with Crippen LogP contribution in [0.15, 0.2) is 65.1 Å². The van der Waals surface area contributed by atoms with E-state index in [1.165, 1.54) is 23.9 Å². The summed E-state index contributed by atoms with van der Waals surface area (Å²) in [5, 5.41) is 6.85. The number of thiophene rings is 1. The maximum atomic E-state index is 11.8. The molecule has 0 aliphatic rings. The van der Waals surface area contributed by atoms with Crippen LogP contribution in [0.2, 0.25) is 0 Å². The van der Waals surface area contributed by atoms with Gasteiger partial charge in [0.1, 0.15) is 12.1 Å². The van der Waals surface area contributed by atoms with Gasteiger partial charge in [0.15, 0.2) is 6.21 Å². The number of hydrogen-bond donors (Lipinski definition) is 2. The van der Waals surface area contributed by atoms with Crippen LogP contribution in [0, 0.1) is 0 Å². The molecule has 6 nitrogen and oxygen atoms in total. The van der Waals surface area contributed by atoms with Crippen LogP contribution in [0.5, 0.6) is 5.75 Å². The van der Waals surface area contributed by atoms with E-state index in [1.807, 2.05) is 54.6 Å². The van der Waals surface area contributed by atoms with Crippen molar-refractivity contribution in [2.75, 3.05) is 13.4 Å². The average molecular weight is 450 g/mol. The van der Waals surface area contributed by atoms with Crippen LogP contribution in [0.1, 0.15) is 11.1 Å². The molecule has 2 aromatic carbocycles. The van der Waals surface area contributed by atoms with E-state index < -0.39 is 10.8 Å². The number of hydrogen-bond acceptors (Lipinski definition) is 6. The van der Waals surface area contributed by atoms with Crippen LogP contribution >= 0.6 is 11.3 Å². The molecular weight excluding hydrogens is 428 g/mol. The molecule has 1 unspecified atom stereocenters. The second-order valence-electron chi connectivity index (χ2n) is 6.75. The van der Waals surface area contributed by atoms with Crippen molar-refractivity contribution in [3.8, 4) is 16.3 Å². The van der Waals surface area contributed by atoms with E-state index in [-0.39, 0.29) is 0 Å². The summed E-state index contributed by atoms with van der Waals surface area (Å²) in [6.07, 6.45) is 4.72. The Morgan fingerprint density at radius 2 is 1.84 bits per heavy atom. The molecule has 0 saturated heterocycles. The minimum absolute atomic E-state index is 0.558. The number of methoxy groups -OCH3 is 1. The highest BCUT2D eigenvalue weighted by Gasteiger charge is 2.14. The smallest absolute Gasteiger partial charge is 0.170 e. The van der Waals surface area contributed by atoms with E-state index in [9.17, 15) is 4.21 Å². The van der Waals surface area contributed by atoms with E-state index in [1.54, 1.807) is 13.4 Å². The number of fused-ring (bicyclic) bond motifs is 1. The minimum Gasteiger partial charge on any atom is -0.497 e. The summed E-state index contributed by atoms with van der Waals surface area (Å²) < 4.78 is 17.9. The van der Waals surface area contributed by atoms with Crippen molar-refractivity contribution < 1.29 is 14.4 Å². The summed E-state index contributed by atoms with van der Waals surface area (Å²) in [5.74, 6) is 0.755. The SMILES string of the molecule is COc1ccc(C(N)=C(C=[NH2+])c2ccc3ncnc(-c4ccc(S(C)=O)s4)c3c2)cc1. The Kier molecular flexibility index (Phi) is 5.92. The number of nitrogens with two attached hydrogens (primary N) is 2. The van der Waals surface area contributed by atoms with Gasteiger partial charge in [0.2, 0.25) is 0 Å². The average Bonchev–Trinajstić information content (AvgIpc) is 3.29. The van der Waals surface area contributed by atoms with Crippen LogP contribution < -0.4 is 15.9 Å². The standard InChI is InChI=1S/C23H20N4O2S2/c1-29-16-6-3-14(4-7-16)22(25)18(12-24)15-5-8-19-17(11-15)23(27-13-26-19)20-9-10-21(30-20)31(2)28/h3-13,24H,25H2,1-2H3/p+1. The largest absolute Gasteiger partial charge is 0.497 e. The molecule has 0 bridgehead atoms. The number of rotatable bonds is 6. The fraction of sp³-hybridized carbons (Fsp3) is 0.0870. The lowest BCUT2D eigenvalue weighted by atomic mass is 9.98. The third-order valence-electron chi connectivity index (χ3n) is 4.90. The highest BCUT2D eigenvalue weighted by atomic mass is 32.2. The Morgan fingerprint density at radius 1 is 1.10 bits per heavy atom. The fourth-order valence-electron chi connectivity index (χ4n) is 3.29. The number of allylic oxidation sites excluding steroid dienone is 1. The first-order valence-electron chi connectivity index (χ1n) is 9.39. The van der Waals surface area contributed by atoms with Crippen molar-refractivity contribution in [3.63, 3.8) is 0 Å². The molecule has 31 heavy (non-hydrogen) atoms. The molecule has 0 radical (unpaired) electrons. The van der Waals surface area contributed by atoms with Crippen molar-refractivity contribution in [1.29, 1.82) is 0 Å². The van der Waals surface area contributed by atoms with Crippen LogP contribution in [0.3, 0.4) is 0 Å². The van der Waals surface area contributed by atoms with Gasteiger partial charge in [-0.2, -0.15) is 0 Å². The molecular formula is C23H21N4O2S2+. The molecule has 2 aromatic heterocycles. The van der Waals surface area contributed by atoms with Gasteiger partial charge in [-0.25, -0.2) is 9.97 Å². The molecule has 0 aliphatic carbocycles. The second-order valence-corrected chi connectivity index (χ2v) is 9.44. The van der Waals surface area contributed by atoms with Gasteiger partial charge in [-0.3, -0.25) is 9.62 Å². The molecule has 0 amide bonds. The lowest BCUT2D eigenvalue weighted by Crippen LogP contribution is -2.31. The maximum Gasteiger partial charge on any atom is 0.170 e.